The molecule has 0 aliphatic carbocycles. The van der Waals surface area contributed by atoms with Crippen LogP contribution in [0.4, 0.5) is 11.5 Å². The number of benzene rings is 1. The molecule has 19 heavy (non-hydrogen) atoms. The summed E-state index contributed by atoms with van der Waals surface area (Å²) in [7, 11) is 0. The molecule has 0 saturated heterocycles. The largest absolute Gasteiger partial charge is 0.398 e. The van der Waals surface area contributed by atoms with Crippen LogP contribution in [0.1, 0.15) is 21.6 Å². The first kappa shape index (κ1) is 13.5. The minimum absolute atomic E-state index is 0.246. The molecule has 4 nitrogen and oxygen atoms in total. The molecule has 98 valence electrons. The molecule has 1 aromatic heterocycles. The van der Waals surface area contributed by atoms with Crippen LogP contribution in [0.25, 0.3) is 0 Å². The number of hydrogen-bond donors (Lipinski definition) is 2. The fourth-order valence-electron chi connectivity index (χ4n) is 1.79. The van der Waals surface area contributed by atoms with E-state index < -0.39 is 0 Å². The Morgan fingerprint density at radius 1 is 1.26 bits per heavy atom. The second-order valence-corrected chi connectivity index (χ2v) is 5.11. The summed E-state index contributed by atoms with van der Waals surface area (Å²) in [6, 6.07) is 8.97. The SMILES string of the molecule is Cc1cccc(N)c1C(=O)Nc1ccc(Br)c(C)n1. The zero-order chi connectivity index (χ0) is 14.0. The quantitative estimate of drug-likeness (QED) is 0.834. The van der Waals surface area contributed by atoms with Crippen molar-refractivity contribution in [2.75, 3.05) is 11.1 Å². The van der Waals surface area contributed by atoms with E-state index in [1.807, 2.05) is 32.0 Å². The molecule has 0 radical (unpaired) electrons. The number of carbonyl (C=O) groups is 1. The highest BCUT2D eigenvalue weighted by molar-refractivity contribution is 9.10. The van der Waals surface area contributed by atoms with Crippen LogP contribution in [0.15, 0.2) is 34.8 Å². The molecule has 2 aromatic rings. The van der Waals surface area contributed by atoms with Gasteiger partial charge in [0, 0.05) is 10.2 Å². The minimum Gasteiger partial charge on any atom is -0.398 e. The average molecular weight is 320 g/mol. The molecule has 0 fully saturated rings. The van der Waals surface area contributed by atoms with Crippen molar-refractivity contribution in [3.8, 4) is 0 Å². The first-order valence-corrected chi connectivity index (χ1v) is 6.58. The van der Waals surface area contributed by atoms with Gasteiger partial charge in [-0.1, -0.05) is 12.1 Å². The van der Waals surface area contributed by atoms with Crippen molar-refractivity contribution < 1.29 is 4.79 Å². The first-order chi connectivity index (χ1) is 8.99. The van der Waals surface area contributed by atoms with Gasteiger partial charge in [-0.25, -0.2) is 4.98 Å². The molecule has 0 atom stereocenters. The number of halogens is 1. The van der Waals surface area contributed by atoms with E-state index in [0.29, 0.717) is 17.1 Å². The number of nitrogens with two attached hydrogens (primary N) is 1. The Balaban J connectivity index is 2.28. The topological polar surface area (TPSA) is 68.0 Å². The van der Waals surface area contributed by atoms with Gasteiger partial charge < -0.3 is 11.1 Å². The molecule has 5 heteroatoms. The van der Waals surface area contributed by atoms with Crippen LogP contribution in [0, 0.1) is 13.8 Å². The highest BCUT2D eigenvalue weighted by atomic mass is 79.9. The van der Waals surface area contributed by atoms with Crippen LogP contribution in [-0.4, -0.2) is 10.9 Å². The zero-order valence-electron chi connectivity index (χ0n) is 10.7. The summed E-state index contributed by atoms with van der Waals surface area (Å²) >= 11 is 3.37. The normalized spacial score (nSPS) is 10.3. The Bertz CT molecular complexity index is 620. The summed E-state index contributed by atoms with van der Waals surface area (Å²) in [5.74, 6) is 0.262. The molecule has 0 aliphatic heterocycles. The van der Waals surface area contributed by atoms with Gasteiger partial charge in [-0.15, -0.1) is 0 Å². The van der Waals surface area contributed by atoms with Crippen LogP contribution in [-0.2, 0) is 0 Å². The molecule has 1 amide bonds. The number of nitrogens with one attached hydrogen (secondary N) is 1. The first-order valence-electron chi connectivity index (χ1n) is 5.78. The number of amides is 1. The molecule has 0 unspecified atom stereocenters. The lowest BCUT2D eigenvalue weighted by atomic mass is 10.1. The second-order valence-electron chi connectivity index (χ2n) is 4.26. The van der Waals surface area contributed by atoms with Crippen LogP contribution in [0.5, 0.6) is 0 Å². The van der Waals surface area contributed by atoms with Crippen LogP contribution < -0.4 is 11.1 Å². The lowest BCUT2D eigenvalue weighted by Gasteiger charge is -2.10. The Morgan fingerprint density at radius 2 is 2.00 bits per heavy atom. The Kier molecular flexibility index (Phi) is 3.85. The molecule has 1 aromatic carbocycles. The van der Waals surface area contributed by atoms with Gasteiger partial charge in [0.15, 0.2) is 0 Å². The molecule has 0 spiro atoms. The van der Waals surface area contributed by atoms with Gasteiger partial charge in [0.05, 0.1) is 11.3 Å². The van der Waals surface area contributed by atoms with Gasteiger partial charge in [-0.05, 0) is 53.5 Å². The number of anilines is 2. The van der Waals surface area contributed by atoms with E-state index >= 15 is 0 Å². The van der Waals surface area contributed by atoms with E-state index in [1.165, 1.54) is 0 Å². The predicted octanol–water partition coefficient (Wildman–Crippen LogP) is 3.30. The number of nitrogens with zero attached hydrogens (tertiary/aromatic N) is 1. The molecule has 1 heterocycles. The van der Waals surface area contributed by atoms with Gasteiger partial charge in [-0.3, -0.25) is 4.79 Å². The van der Waals surface area contributed by atoms with Crippen molar-refractivity contribution in [2.45, 2.75) is 13.8 Å². The van der Waals surface area contributed by atoms with E-state index in [0.717, 1.165) is 15.7 Å². The van der Waals surface area contributed by atoms with E-state index in [-0.39, 0.29) is 5.91 Å². The summed E-state index contributed by atoms with van der Waals surface area (Å²) in [5.41, 5.74) is 8.45. The van der Waals surface area contributed by atoms with E-state index in [1.54, 1.807) is 12.1 Å². The monoisotopic (exact) mass is 319 g/mol. The highest BCUT2D eigenvalue weighted by Crippen LogP contribution is 2.20. The van der Waals surface area contributed by atoms with Crippen molar-refractivity contribution in [3.05, 3.63) is 51.6 Å². The predicted molar refractivity (Wildman–Crippen MR) is 80.2 cm³/mol. The van der Waals surface area contributed by atoms with Gasteiger partial charge in [0.1, 0.15) is 5.82 Å². The summed E-state index contributed by atoms with van der Waals surface area (Å²) in [6.45, 7) is 3.72. The summed E-state index contributed by atoms with van der Waals surface area (Å²) in [4.78, 5) is 16.5. The Labute approximate surface area is 120 Å². The number of nitrogen functional groups attached to an aromatic ring is 1. The van der Waals surface area contributed by atoms with Crippen molar-refractivity contribution in [2.24, 2.45) is 0 Å². The molecule has 2 rings (SSSR count). The molecule has 0 bridgehead atoms. The lowest BCUT2D eigenvalue weighted by molar-refractivity contribution is 0.102. The van der Waals surface area contributed by atoms with E-state index in [9.17, 15) is 4.79 Å². The van der Waals surface area contributed by atoms with Gasteiger partial charge in [-0.2, -0.15) is 0 Å². The lowest BCUT2D eigenvalue weighted by Crippen LogP contribution is -2.16. The molecular weight excluding hydrogens is 306 g/mol. The third-order valence-electron chi connectivity index (χ3n) is 2.80. The standard InChI is InChI=1S/C14H14BrN3O/c1-8-4-3-5-11(16)13(8)14(19)18-12-7-6-10(15)9(2)17-12/h3-7H,16H2,1-2H3,(H,17,18,19). The third kappa shape index (κ3) is 2.93. The van der Waals surface area contributed by atoms with Crippen molar-refractivity contribution in [1.29, 1.82) is 0 Å². The summed E-state index contributed by atoms with van der Waals surface area (Å²) in [5, 5.41) is 2.76. The van der Waals surface area contributed by atoms with Gasteiger partial charge in [0.2, 0.25) is 0 Å². The van der Waals surface area contributed by atoms with Gasteiger partial charge >= 0.3 is 0 Å². The molecular formula is C14H14BrN3O. The summed E-state index contributed by atoms with van der Waals surface area (Å²) < 4.78 is 0.904. The van der Waals surface area contributed by atoms with Gasteiger partial charge in [0.25, 0.3) is 5.91 Å². The fourth-order valence-corrected chi connectivity index (χ4v) is 2.01. The fraction of sp³-hybridized carbons (Fsp3) is 0.143. The Morgan fingerprint density at radius 3 is 2.63 bits per heavy atom. The number of aryl methyl sites for hydroxylation is 2. The van der Waals surface area contributed by atoms with Crippen molar-refractivity contribution in [3.63, 3.8) is 0 Å². The van der Waals surface area contributed by atoms with E-state index in [4.69, 9.17) is 5.73 Å². The van der Waals surface area contributed by atoms with Crippen molar-refractivity contribution in [1.82, 2.24) is 4.98 Å². The minimum atomic E-state index is -0.246. The number of rotatable bonds is 2. The number of aromatic nitrogens is 1. The highest BCUT2D eigenvalue weighted by Gasteiger charge is 2.13. The summed E-state index contributed by atoms with van der Waals surface area (Å²) in [6.07, 6.45) is 0. The molecule has 0 aliphatic rings. The maximum absolute atomic E-state index is 12.2. The number of carbonyl (C=O) groups excluding carboxylic acids is 1. The molecule has 3 N–H and O–H groups in total. The molecule has 0 saturated carbocycles. The Hall–Kier alpha value is -1.88. The maximum atomic E-state index is 12.2. The average Bonchev–Trinajstić information content (AvgIpc) is 2.33. The van der Waals surface area contributed by atoms with Crippen LogP contribution in [0.2, 0.25) is 0 Å². The number of hydrogen-bond acceptors (Lipinski definition) is 3. The third-order valence-corrected chi connectivity index (χ3v) is 3.63. The number of pyridine rings is 1. The van der Waals surface area contributed by atoms with Crippen LogP contribution >= 0.6 is 15.9 Å². The van der Waals surface area contributed by atoms with Crippen molar-refractivity contribution >= 4 is 33.3 Å². The maximum Gasteiger partial charge on any atom is 0.259 e. The zero-order valence-corrected chi connectivity index (χ0v) is 12.3. The van der Waals surface area contributed by atoms with Crippen LogP contribution in [0.3, 0.4) is 0 Å². The smallest absolute Gasteiger partial charge is 0.259 e. The second kappa shape index (κ2) is 5.40. The van der Waals surface area contributed by atoms with E-state index in [2.05, 4.69) is 26.2 Å².